The lowest BCUT2D eigenvalue weighted by Gasteiger charge is -2.40. The summed E-state index contributed by atoms with van der Waals surface area (Å²) in [6.07, 6.45) is 0. The van der Waals surface area contributed by atoms with Gasteiger partial charge in [0, 0.05) is 40.8 Å². The van der Waals surface area contributed by atoms with Crippen molar-refractivity contribution in [3.05, 3.63) is 64.8 Å². The smallest absolute Gasteiger partial charge is 0.261 e. The number of benzene rings is 2. The molecule has 1 aliphatic rings. The maximum Gasteiger partial charge on any atom is 0.261 e. The van der Waals surface area contributed by atoms with Crippen LogP contribution >= 0.6 is 11.3 Å². The Morgan fingerprint density at radius 2 is 1.90 bits per heavy atom. The van der Waals surface area contributed by atoms with E-state index in [4.69, 9.17) is 9.47 Å². The summed E-state index contributed by atoms with van der Waals surface area (Å²) in [5.41, 5.74) is 0.380. The molecular weight excluding hydrogens is 415 g/mol. The molecule has 1 N–H and O–H groups in total. The molecule has 0 saturated carbocycles. The lowest BCUT2D eigenvalue weighted by molar-refractivity contribution is -0.00922. The van der Waals surface area contributed by atoms with Crippen molar-refractivity contribution in [2.45, 2.75) is 26.0 Å². The number of nitrogens with one attached hydrogen (secondary N) is 1. The zero-order valence-corrected chi connectivity index (χ0v) is 18.6. The number of halogens is 1. The Bertz CT molecular complexity index is 1050. The van der Waals surface area contributed by atoms with Gasteiger partial charge in [0.1, 0.15) is 18.2 Å². The number of carbonyl (C=O) groups is 1. The molecule has 2 heterocycles. The third-order valence-electron chi connectivity index (χ3n) is 5.64. The molecule has 0 radical (unpaired) electrons. The van der Waals surface area contributed by atoms with Crippen LogP contribution in [0.2, 0.25) is 0 Å². The molecule has 3 aromatic rings. The van der Waals surface area contributed by atoms with Gasteiger partial charge in [-0.2, -0.15) is 0 Å². The van der Waals surface area contributed by atoms with E-state index >= 15 is 0 Å². The van der Waals surface area contributed by atoms with Gasteiger partial charge >= 0.3 is 0 Å². The molecular formula is C24H27FN2O3S. The molecule has 0 aliphatic carbocycles. The Morgan fingerprint density at radius 1 is 1.16 bits per heavy atom. The summed E-state index contributed by atoms with van der Waals surface area (Å²) < 4.78 is 26.7. The molecule has 31 heavy (non-hydrogen) atoms. The van der Waals surface area contributed by atoms with E-state index in [2.05, 4.69) is 24.1 Å². The number of hydrogen-bond donors (Lipinski definition) is 1. The van der Waals surface area contributed by atoms with Crippen molar-refractivity contribution in [1.82, 2.24) is 10.2 Å². The Labute approximate surface area is 185 Å². The topological polar surface area (TPSA) is 50.8 Å². The van der Waals surface area contributed by atoms with E-state index < -0.39 is 0 Å². The lowest BCUT2D eigenvalue weighted by Crippen LogP contribution is -2.55. The summed E-state index contributed by atoms with van der Waals surface area (Å²) >= 11 is 1.30. The quantitative estimate of drug-likeness (QED) is 0.587. The summed E-state index contributed by atoms with van der Waals surface area (Å²) in [4.78, 5) is 16.0. The highest BCUT2D eigenvalue weighted by Gasteiger charge is 2.29. The fourth-order valence-corrected chi connectivity index (χ4v) is 4.96. The molecule has 4 rings (SSSR count). The Morgan fingerprint density at radius 3 is 2.65 bits per heavy atom. The van der Waals surface area contributed by atoms with E-state index in [0.29, 0.717) is 41.3 Å². The van der Waals surface area contributed by atoms with Crippen LogP contribution in [0.1, 0.15) is 29.1 Å². The van der Waals surface area contributed by atoms with Gasteiger partial charge in [-0.1, -0.05) is 24.3 Å². The second-order valence-corrected chi connectivity index (χ2v) is 9.27. The van der Waals surface area contributed by atoms with Crippen molar-refractivity contribution in [2.75, 3.05) is 32.8 Å². The zero-order chi connectivity index (χ0) is 21.8. The predicted octanol–water partition coefficient (Wildman–Crippen LogP) is 4.46. The van der Waals surface area contributed by atoms with Crippen LogP contribution in [0.25, 0.3) is 10.1 Å². The summed E-state index contributed by atoms with van der Waals surface area (Å²) in [5, 5.41) is 3.53. The van der Waals surface area contributed by atoms with Crippen molar-refractivity contribution < 1.29 is 18.7 Å². The van der Waals surface area contributed by atoms with Crippen LogP contribution in [-0.4, -0.2) is 49.2 Å². The van der Waals surface area contributed by atoms with Gasteiger partial charge in [0.25, 0.3) is 5.91 Å². The Kier molecular flexibility index (Phi) is 6.55. The summed E-state index contributed by atoms with van der Waals surface area (Å²) in [5.74, 6) is 0.139. The maximum absolute atomic E-state index is 14.7. The number of amides is 1. The molecule has 5 nitrogen and oxygen atoms in total. The summed E-state index contributed by atoms with van der Waals surface area (Å²) in [6, 6.07) is 14.3. The van der Waals surface area contributed by atoms with Gasteiger partial charge in [0.2, 0.25) is 0 Å². The molecule has 0 atom stereocenters. The molecule has 1 fully saturated rings. The minimum atomic E-state index is -0.340. The summed E-state index contributed by atoms with van der Waals surface area (Å²) in [7, 11) is 0. The average Bonchev–Trinajstić information content (AvgIpc) is 3.17. The van der Waals surface area contributed by atoms with E-state index in [1.54, 1.807) is 6.07 Å². The third kappa shape index (κ3) is 4.89. The van der Waals surface area contributed by atoms with E-state index in [-0.39, 0.29) is 23.9 Å². The van der Waals surface area contributed by atoms with E-state index in [0.717, 1.165) is 17.8 Å². The molecule has 7 heteroatoms. The van der Waals surface area contributed by atoms with Crippen LogP contribution in [0.15, 0.2) is 48.5 Å². The molecule has 1 aliphatic heterocycles. The number of carbonyl (C=O) groups excluding carboxylic acids is 1. The average molecular weight is 443 g/mol. The molecule has 0 spiro atoms. The molecule has 164 valence electrons. The highest BCUT2D eigenvalue weighted by molar-refractivity contribution is 7.21. The van der Waals surface area contributed by atoms with Gasteiger partial charge < -0.3 is 14.8 Å². The number of rotatable bonds is 7. The summed E-state index contributed by atoms with van der Waals surface area (Å²) in [6.45, 7) is 7.93. The number of morpholine rings is 1. The highest BCUT2D eigenvalue weighted by Crippen LogP contribution is 2.34. The molecule has 1 saturated heterocycles. The largest absolute Gasteiger partial charge is 0.489 e. The first-order chi connectivity index (χ1) is 15.0. The first-order valence-corrected chi connectivity index (χ1v) is 11.3. The van der Waals surface area contributed by atoms with Crippen LogP contribution in [0.5, 0.6) is 5.75 Å². The predicted molar refractivity (Wildman–Crippen MR) is 121 cm³/mol. The van der Waals surface area contributed by atoms with E-state index in [9.17, 15) is 9.18 Å². The number of para-hydroxylation sites is 1. The van der Waals surface area contributed by atoms with Crippen LogP contribution in [0.4, 0.5) is 4.39 Å². The van der Waals surface area contributed by atoms with Gasteiger partial charge in [-0.3, -0.25) is 9.69 Å². The van der Waals surface area contributed by atoms with Gasteiger partial charge in [0.05, 0.1) is 18.1 Å². The standard InChI is InChI=1S/C24H27FN2O3S/c1-24(2,27-11-13-29-14-12-27)16-26-23(28)22-18(15-30-17-7-4-3-5-8-17)21-19(25)9-6-10-20(21)31-22/h3-10H,11-16H2,1-2H3,(H,26,28). The number of hydrogen-bond acceptors (Lipinski definition) is 5. The highest BCUT2D eigenvalue weighted by atomic mass is 32.1. The Hall–Kier alpha value is -2.48. The van der Waals surface area contributed by atoms with Crippen molar-refractivity contribution in [2.24, 2.45) is 0 Å². The van der Waals surface area contributed by atoms with E-state index in [1.165, 1.54) is 17.4 Å². The Balaban J connectivity index is 1.55. The molecule has 0 bridgehead atoms. The minimum absolute atomic E-state index is 0.126. The number of thiophene rings is 1. The van der Waals surface area contributed by atoms with Crippen LogP contribution in [0, 0.1) is 5.82 Å². The number of nitrogens with zero attached hydrogens (tertiary/aromatic N) is 1. The maximum atomic E-state index is 14.7. The normalized spacial score (nSPS) is 15.2. The molecule has 1 aromatic heterocycles. The lowest BCUT2D eigenvalue weighted by atomic mass is 10.0. The van der Waals surface area contributed by atoms with Crippen molar-refractivity contribution in [3.63, 3.8) is 0 Å². The number of fused-ring (bicyclic) bond motifs is 1. The SMILES string of the molecule is CC(C)(CNC(=O)c1sc2cccc(F)c2c1COc1ccccc1)N1CCOCC1. The molecule has 0 unspecified atom stereocenters. The monoisotopic (exact) mass is 442 g/mol. The fourth-order valence-electron chi connectivity index (χ4n) is 3.82. The first kappa shape index (κ1) is 21.7. The number of ether oxygens (including phenoxy) is 2. The van der Waals surface area contributed by atoms with Crippen LogP contribution in [0.3, 0.4) is 0 Å². The van der Waals surface area contributed by atoms with Gasteiger partial charge in [0.15, 0.2) is 0 Å². The van der Waals surface area contributed by atoms with Crippen LogP contribution in [-0.2, 0) is 11.3 Å². The molecule has 2 aromatic carbocycles. The van der Waals surface area contributed by atoms with Gasteiger partial charge in [-0.25, -0.2) is 4.39 Å². The fraction of sp³-hybridized carbons (Fsp3) is 0.375. The second-order valence-electron chi connectivity index (χ2n) is 8.22. The minimum Gasteiger partial charge on any atom is -0.489 e. The van der Waals surface area contributed by atoms with Gasteiger partial charge in [-0.05, 0) is 38.1 Å². The van der Waals surface area contributed by atoms with Gasteiger partial charge in [-0.15, -0.1) is 11.3 Å². The van der Waals surface area contributed by atoms with Crippen LogP contribution < -0.4 is 10.1 Å². The first-order valence-electron chi connectivity index (χ1n) is 10.4. The van der Waals surface area contributed by atoms with E-state index in [1.807, 2.05) is 36.4 Å². The second kappa shape index (κ2) is 9.34. The molecule has 1 amide bonds. The van der Waals surface area contributed by atoms with Crippen molar-refractivity contribution in [1.29, 1.82) is 0 Å². The zero-order valence-electron chi connectivity index (χ0n) is 17.8. The van der Waals surface area contributed by atoms with Crippen molar-refractivity contribution in [3.8, 4) is 5.75 Å². The third-order valence-corrected chi connectivity index (χ3v) is 6.84. The van der Waals surface area contributed by atoms with Crippen molar-refractivity contribution >= 4 is 27.3 Å².